The molecule has 0 aliphatic carbocycles. The molecule has 15 heavy (non-hydrogen) atoms. The summed E-state index contributed by atoms with van der Waals surface area (Å²) in [5.74, 6) is 0. The highest BCUT2D eigenvalue weighted by atomic mass is 32.1. The van der Waals surface area contributed by atoms with Crippen LogP contribution in [0.2, 0.25) is 0 Å². The summed E-state index contributed by atoms with van der Waals surface area (Å²) in [4.78, 5) is 1.00. The maximum Gasteiger partial charge on any atom is 0.0420 e. The molecule has 78 valence electrons. The van der Waals surface area contributed by atoms with Crippen LogP contribution in [0.4, 0.5) is 5.69 Å². The second-order valence-corrected chi connectivity index (χ2v) is 3.88. The Kier molecular flexibility index (Phi) is 3.14. The van der Waals surface area contributed by atoms with Gasteiger partial charge in [-0.1, -0.05) is 24.3 Å². The summed E-state index contributed by atoms with van der Waals surface area (Å²) in [5.41, 5.74) is 6.59. The summed E-state index contributed by atoms with van der Waals surface area (Å²) in [6.45, 7) is 1.42. The highest BCUT2D eigenvalue weighted by Gasteiger charge is 2.01. The first-order valence-electron chi connectivity index (χ1n) is 4.97. The van der Waals surface area contributed by atoms with E-state index >= 15 is 0 Å². The van der Waals surface area contributed by atoms with Gasteiger partial charge in [-0.05, 0) is 17.5 Å². The molecule has 0 fully saturated rings. The van der Waals surface area contributed by atoms with Gasteiger partial charge >= 0.3 is 0 Å². The van der Waals surface area contributed by atoms with Crippen LogP contribution in [0.15, 0.2) is 41.3 Å². The molecular formula is C12H14N2S. The molecule has 0 heterocycles. The Morgan fingerprint density at radius 3 is 2.60 bits per heavy atom. The van der Waals surface area contributed by atoms with E-state index < -0.39 is 0 Å². The third-order valence-electron chi connectivity index (χ3n) is 2.36. The Balaban J connectivity index is 2.51. The number of nitrogens with one attached hydrogen (secondary N) is 1. The van der Waals surface area contributed by atoms with Crippen molar-refractivity contribution in [3.63, 3.8) is 0 Å². The van der Waals surface area contributed by atoms with Crippen molar-refractivity contribution in [1.29, 1.82) is 0 Å². The second-order valence-electron chi connectivity index (χ2n) is 3.39. The lowest BCUT2D eigenvalue weighted by Gasteiger charge is -2.09. The number of nitrogens with two attached hydrogens (primary N) is 1. The van der Waals surface area contributed by atoms with Gasteiger partial charge < -0.3 is 11.1 Å². The van der Waals surface area contributed by atoms with Crippen molar-refractivity contribution in [3.05, 3.63) is 36.4 Å². The third kappa shape index (κ3) is 2.08. The van der Waals surface area contributed by atoms with Gasteiger partial charge in [-0.2, -0.15) is 0 Å². The van der Waals surface area contributed by atoms with Crippen molar-refractivity contribution in [2.45, 2.75) is 4.90 Å². The molecule has 0 bridgehead atoms. The van der Waals surface area contributed by atoms with Gasteiger partial charge in [0, 0.05) is 29.1 Å². The largest absolute Gasteiger partial charge is 0.383 e. The minimum absolute atomic E-state index is 0.636. The molecule has 0 aliphatic heterocycles. The predicted octanol–water partition coefficient (Wildman–Crippen LogP) is 2.50. The van der Waals surface area contributed by atoms with E-state index in [9.17, 15) is 0 Å². The van der Waals surface area contributed by atoms with Crippen molar-refractivity contribution >= 4 is 29.1 Å². The molecule has 2 aromatic rings. The fourth-order valence-electron chi connectivity index (χ4n) is 1.65. The fraction of sp³-hybridized carbons (Fsp3) is 0.167. The zero-order chi connectivity index (χ0) is 10.7. The highest BCUT2D eigenvalue weighted by molar-refractivity contribution is 7.80. The Morgan fingerprint density at radius 1 is 1.07 bits per heavy atom. The molecule has 0 saturated carbocycles. The van der Waals surface area contributed by atoms with Crippen LogP contribution in [0.1, 0.15) is 0 Å². The first kappa shape index (κ1) is 10.3. The molecule has 2 nitrogen and oxygen atoms in total. The maximum absolute atomic E-state index is 5.47. The van der Waals surface area contributed by atoms with Gasteiger partial charge in [0.2, 0.25) is 0 Å². The van der Waals surface area contributed by atoms with Gasteiger partial charge in [-0.15, -0.1) is 12.6 Å². The van der Waals surface area contributed by atoms with Crippen molar-refractivity contribution in [1.82, 2.24) is 0 Å². The molecule has 0 spiro atoms. The van der Waals surface area contributed by atoms with Crippen molar-refractivity contribution in [2.24, 2.45) is 5.73 Å². The Hall–Kier alpha value is -1.19. The van der Waals surface area contributed by atoms with E-state index in [4.69, 9.17) is 5.73 Å². The summed E-state index contributed by atoms with van der Waals surface area (Å²) in [7, 11) is 0. The minimum atomic E-state index is 0.636. The third-order valence-corrected chi connectivity index (χ3v) is 2.75. The summed E-state index contributed by atoms with van der Waals surface area (Å²) in [6, 6.07) is 12.3. The van der Waals surface area contributed by atoms with Crippen LogP contribution in [0.5, 0.6) is 0 Å². The zero-order valence-corrected chi connectivity index (χ0v) is 9.30. The van der Waals surface area contributed by atoms with Crippen LogP contribution in [0.25, 0.3) is 10.8 Å². The molecule has 0 radical (unpaired) electrons. The smallest absolute Gasteiger partial charge is 0.0420 e. The molecule has 0 atom stereocenters. The van der Waals surface area contributed by atoms with E-state index in [1.54, 1.807) is 0 Å². The molecule has 2 rings (SSSR count). The van der Waals surface area contributed by atoms with E-state index in [1.807, 2.05) is 18.2 Å². The zero-order valence-electron chi connectivity index (χ0n) is 8.40. The van der Waals surface area contributed by atoms with E-state index in [0.29, 0.717) is 6.54 Å². The quantitative estimate of drug-likeness (QED) is 0.692. The predicted molar refractivity (Wildman–Crippen MR) is 68.7 cm³/mol. The number of benzene rings is 2. The first-order chi connectivity index (χ1) is 7.33. The summed E-state index contributed by atoms with van der Waals surface area (Å²) in [5, 5.41) is 5.67. The average Bonchev–Trinajstić information content (AvgIpc) is 2.27. The normalized spacial score (nSPS) is 10.5. The molecule has 2 aromatic carbocycles. The molecule has 0 saturated heterocycles. The van der Waals surface area contributed by atoms with Crippen LogP contribution >= 0.6 is 12.6 Å². The lowest BCUT2D eigenvalue weighted by molar-refractivity contribution is 1.03. The summed E-state index contributed by atoms with van der Waals surface area (Å²) in [6.07, 6.45) is 0. The van der Waals surface area contributed by atoms with Crippen molar-refractivity contribution in [3.8, 4) is 0 Å². The average molecular weight is 218 g/mol. The summed E-state index contributed by atoms with van der Waals surface area (Å²) >= 11 is 4.44. The van der Waals surface area contributed by atoms with E-state index in [1.165, 1.54) is 10.8 Å². The monoisotopic (exact) mass is 218 g/mol. The number of fused-ring (bicyclic) bond motifs is 1. The Morgan fingerprint density at radius 2 is 1.80 bits per heavy atom. The fourth-order valence-corrected chi connectivity index (χ4v) is 1.94. The van der Waals surface area contributed by atoms with Gasteiger partial charge in [0.1, 0.15) is 0 Å². The second kappa shape index (κ2) is 4.55. The van der Waals surface area contributed by atoms with Gasteiger partial charge in [0.25, 0.3) is 0 Å². The van der Waals surface area contributed by atoms with Crippen LogP contribution in [-0.2, 0) is 0 Å². The molecule has 3 heteroatoms. The number of hydrogen-bond acceptors (Lipinski definition) is 3. The van der Waals surface area contributed by atoms with E-state index in [2.05, 4.69) is 36.1 Å². The molecule has 3 N–H and O–H groups in total. The van der Waals surface area contributed by atoms with Crippen LogP contribution in [0, 0.1) is 0 Å². The van der Waals surface area contributed by atoms with Gasteiger partial charge in [0.05, 0.1) is 0 Å². The minimum Gasteiger partial charge on any atom is -0.383 e. The van der Waals surface area contributed by atoms with Crippen molar-refractivity contribution < 1.29 is 0 Å². The van der Waals surface area contributed by atoms with Gasteiger partial charge in [0.15, 0.2) is 0 Å². The molecule has 0 unspecified atom stereocenters. The lowest BCUT2D eigenvalue weighted by atomic mass is 10.1. The van der Waals surface area contributed by atoms with Crippen LogP contribution in [-0.4, -0.2) is 13.1 Å². The Bertz CT molecular complexity index is 468. The number of rotatable bonds is 3. The maximum atomic E-state index is 5.47. The summed E-state index contributed by atoms with van der Waals surface area (Å²) < 4.78 is 0. The van der Waals surface area contributed by atoms with E-state index in [-0.39, 0.29) is 0 Å². The molecule has 0 aliphatic rings. The van der Waals surface area contributed by atoms with Gasteiger partial charge in [-0.3, -0.25) is 0 Å². The van der Waals surface area contributed by atoms with Gasteiger partial charge in [-0.25, -0.2) is 0 Å². The standard InChI is InChI=1S/C12H14N2S/c13-7-8-14-11-5-1-4-10-9(11)3-2-6-12(10)15/h1-6,14-15H,7-8,13H2. The number of hydrogen-bond donors (Lipinski definition) is 3. The molecule has 0 aromatic heterocycles. The Labute approximate surface area is 94.9 Å². The first-order valence-corrected chi connectivity index (χ1v) is 5.42. The molecular weight excluding hydrogens is 204 g/mol. The number of thiol groups is 1. The SMILES string of the molecule is NCCNc1cccc2c(S)cccc12. The van der Waals surface area contributed by atoms with Crippen LogP contribution in [0.3, 0.4) is 0 Å². The highest BCUT2D eigenvalue weighted by Crippen LogP contribution is 2.27. The molecule has 0 amide bonds. The lowest BCUT2D eigenvalue weighted by Crippen LogP contribution is -2.13. The van der Waals surface area contributed by atoms with Crippen molar-refractivity contribution in [2.75, 3.05) is 18.4 Å². The number of anilines is 1. The van der Waals surface area contributed by atoms with E-state index in [0.717, 1.165) is 17.1 Å². The van der Waals surface area contributed by atoms with Crippen LogP contribution < -0.4 is 11.1 Å². The topological polar surface area (TPSA) is 38.0 Å².